The van der Waals surface area contributed by atoms with Gasteiger partial charge >= 0.3 is 0 Å². The van der Waals surface area contributed by atoms with Crippen LogP contribution in [-0.2, 0) is 11.2 Å². The SMILES string of the molecule is CCCNC(CCOCCC)c1cccc(CC(C)C)c1. The van der Waals surface area contributed by atoms with Crippen molar-refractivity contribution in [2.45, 2.75) is 59.4 Å². The van der Waals surface area contributed by atoms with Crippen molar-refractivity contribution in [3.63, 3.8) is 0 Å². The average Bonchev–Trinajstić information content (AvgIpc) is 2.46. The first kappa shape index (κ1) is 18.2. The maximum Gasteiger partial charge on any atom is 0.0484 e. The van der Waals surface area contributed by atoms with E-state index in [0.29, 0.717) is 12.0 Å². The molecule has 0 aliphatic carbocycles. The van der Waals surface area contributed by atoms with Gasteiger partial charge in [-0.05, 0) is 49.3 Å². The van der Waals surface area contributed by atoms with Gasteiger partial charge in [0.05, 0.1) is 0 Å². The molecule has 0 bridgehead atoms. The van der Waals surface area contributed by atoms with E-state index in [-0.39, 0.29) is 0 Å². The molecular weight excluding hydrogens is 258 g/mol. The second-order valence-electron chi connectivity index (χ2n) is 6.25. The molecule has 0 amide bonds. The second kappa shape index (κ2) is 10.8. The first-order valence-corrected chi connectivity index (χ1v) is 8.57. The highest BCUT2D eigenvalue weighted by Crippen LogP contribution is 2.20. The summed E-state index contributed by atoms with van der Waals surface area (Å²) in [6, 6.07) is 9.47. The molecule has 0 aliphatic heterocycles. The van der Waals surface area contributed by atoms with Crippen LogP contribution in [-0.4, -0.2) is 19.8 Å². The molecule has 2 heteroatoms. The molecule has 2 nitrogen and oxygen atoms in total. The summed E-state index contributed by atoms with van der Waals surface area (Å²) in [6.07, 6.45) is 4.46. The van der Waals surface area contributed by atoms with Gasteiger partial charge in [-0.15, -0.1) is 0 Å². The molecule has 1 rings (SSSR count). The third-order valence-corrected chi connectivity index (χ3v) is 3.54. The zero-order valence-corrected chi connectivity index (χ0v) is 14.3. The number of benzene rings is 1. The van der Waals surface area contributed by atoms with Gasteiger partial charge in [0.15, 0.2) is 0 Å². The Morgan fingerprint density at radius 1 is 1.10 bits per heavy atom. The Morgan fingerprint density at radius 2 is 1.90 bits per heavy atom. The Morgan fingerprint density at radius 3 is 2.57 bits per heavy atom. The van der Waals surface area contributed by atoms with E-state index in [1.165, 1.54) is 11.1 Å². The molecule has 0 heterocycles. The van der Waals surface area contributed by atoms with Crippen molar-refractivity contribution in [3.8, 4) is 0 Å². The summed E-state index contributed by atoms with van der Waals surface area (Å²) >= 11 is 0. The van der Waals surface area contributed by atoms with Gasteiger partial charge in [0.2, 0.25) is 0 Å². The van der Waals surface area contributed by atoms with E-state index in [1.807, 2.05) is 0 Å². The van der Waals surface area contributed by atoms with E-state index in [0.717, 1.165) is 45.4 Å². The van der Waals surface area contributed by atoms with Crippen molar-refractivity contribution >= 4 is 0 Å². The van der Waals surface area contributed by atoms with Crippen LogP contribution in [0.4, 0.5) is 0 Å². The first-order valence-electron chi connectivity index (χ1n) is 8.57. The first-order chi connectivity index (χ1) is 10.2. The quantitative estimate of drug-likeness (QED) is 0.594. The summed E-state index contributed by atoms with van der Waals surface area (Å²) in [7, 11) is 0. The monoisotopic (exact) mass is 291 g/mol. The lowest BCUT2D eigenvalue weighted by atomic mass is 9.97. The molecule has 0 aliphatic rings. The molecule has 21 heavy (non-hydrogen) atoms. The summed E-state index contributed by atoms with van der Waals surface area (Å²) in [5.74, 6) is 0.704. The van der Waals surface area contributed by atoms with Crippen LogP contribution in [0.5, 0.6) is 0 Å². The fourth-order valence-corrected chi connectivity index (χ4v) is 2.56. The van der Waals surface area contributed by atoms with Gasteiger partial charge in [0, 0.05) is 19.3 Å². The van der Waals surface area contributed by atoms with Gasteiger partial charge in [0.25, 0.3) is 0 Å². The maximum absolute atomic E-state index is 5.67. The number of nitrogens with one attached hydrogen (secondary N) is 1. The van der Waals surface area contributed by atoms with Gasteiger partial charge < -0.3 is 10.1 Å². The Balaban J connectivity index is 2.66. The standard InChI is InChI=1S/C19H33NO/c1-5-11-20-19(10-13-21-12-6-2)18-9-7-8-17(15-18)14-16(3)4/h7-9,15-16,19-20H,5-6,10-14H2,1-4H3. The van der Waals surface area contributed by atoms with Crippen LogP contribution in [0.15, 0.2) is 24.3 Å². The van der Waals surface area contributed by atoms with Gasteiger partial charge in [-0.25, -0.2) is 0 Å². The van der Waals surface area contributed by atoms with Crippen LogP contribution >= 0.6 is 0 Å². The largest absolute Gasteiger partial charge is 0.381 e. The lowest BCUT2D eigenvalue weighted by Gasteiger charge is -2.20. The van der Waals surface area contributed by atoms with Crippen molar-refractivity contribution in [3.05, 3.63) is 35.4 Å². The van der Waals surface area contributed by atoms with E-state index in [4.69, 9.17) is 4.74 Å². The molecule has 1 aromatic rings. The average molecular weight is 291 g/mol. The van der Waals surface area contributed by atoms with E-state index < -0.39 is 0 Å². The van der Waals surface area contributed by atoms with E-state index in [2.05, 4.69) is 57.3 Å². The molecule has 1 atom stereocenters. The highest BCUT2D eigenvalue weighted by molar-refractivity contribution is 5.26. The van der Waals surface area contributed by atoms with Gasteiger partial charge in [-0.2, -0.15) is 0 Å². The van der Waals surface area contributed by atoms with Crippen molar-refractivity contribution in [2.24, 2.45) is 5.92 Å². The lowest BCUT2D eigenvalue weighted by Crippen LogP contribution is -2.23. The predicted molar refractivity (Wildman–Crippen MR) is 91.7 cm³/mol. The summed E-state index contributed by atoms with van der Waals surface area (Å²) in [5.41, 5.74) is 2.85. The summed E-state index contributed by atoms with van der Waals surface area (Å²) in [6.45, 7) is 11.7. The van der Waals surface area contributed by atoms with Gasteiger partial charge in [-0.3, -0.25) is 0 Å². The van der Waals surface area contributed by atoms with Crippen LogP contribution in [0.1, 0.15) is 64.1 Å². The minimum absolute atomic E-state index is 0.411. The highest BCUT2D eigenvalue weighted by Gasteiger charge is 2.11. The zero-order valence-electron chi connectivity index (χ0n) is 14.3. The lowest BCUT2D eigenvalue weighted by molar-refractivity contribution is 0.124. The molecule has 0 aromatic heterocycles. The fourth-order valence-electron chi connectivity index (χ4n) is 2.56. The third-order valence-electron chi connectivity index (χ3n) is 3.54. The molecule has 0 spiro atoms. The number of hydrogen-bond donors (Lipinski definition) is 1. The number of rotatable bonds is 11. The van der Waals surface area contributed by atoms with Gasteiger partial charge in [0.1, 0.15) is 0 Å². The van der Waals surface area contributed by atoms with Gasteiger partial charge in [-0.1, -0.05) is 52.0 Å². The molecular formula is C19H33NO. The number of hydrogen-bond acceptors (Lipinski definition) is 2. The summed E-state index contributed by atoms with van der Waals surface area (Å²) in [5, 5.41) is 3.66. The Labute approximate surface area is 131 Å². The molecule has 1 aromatic carbocycles. The minimum Gasteiger partial charge on any atom is -0.381 e. The third kappa shape index (κ3) is 7.63. The molecule has 1 unspecified atom stereocenters. The van der Waals surface area contributed by atoms with Crippen molar-refractivity contribution in [1.82, 2.24) is 5.32 Å². The predicted octanol–water partition coefficient (Wildman–Crippen LogP) is 4.74. The molecule has 120 valence electrons. The van der Waals surface area contributed by atoms with Crippen LogP contribution in [0.3, 0.4) is 0 Å². The van der Waals surface area contributed by atoms with Crippen LogP contribution in [0.2, 0.25) is 0 Å². The Kier molecular flexibility index (Phi) is 9.36. The molecule has 0 radical (unpaired) electrons. The normalized spacial score (nSPS) is 12.8. The smallest absolute Gasteiger partial charge is 0.0484 e. The van der Waals surface area contributed by atoms with Crippen molar-refractivity contribution < 1.29 is 4.74 Å². The van der Waals surface area contributed by atoms with Crippen molar-refractivity contribution in [1.29, 1.82) is 0 Å². The fraction of sp³-hybridized carbons (Fsp3) is 0.684. The molecule has 0 saturated heterocycles. The van der Waals surface area contributed by atoms with Crippen LogP contribution in [0.25, 0.3) is 0 Å². The topological polar surface area (TPSA) is 21.3 Å². The number of ether oxygens (including phenoxy) is 1. The van der Waals surface area contributed by atoms with E-state index >= 15 is 0 Å². The summed E-state index contributed by atoms with van der Waals surface area (Å²) < 4.78 is 5.67. The van der Waals surface area contributed by atoms with E-state index in [1.54, 1.807) is 0 Å². The minimum atomic E-state index is 0.411. The zero-order chi connectivity index (χ0) is 15.5. The Bertz CT molecular complexity index is 376. The van der Waals surface area contributed by atoms with E-state index in [9.17, 15) is 0 Å². The molecule has 1 N–H and O–H groups in total. The second-order valence-corrected chi connectivity index (χ2v) is 6.25. The molecule has 0 fully saturated rings. The van der Waals surface area contributed by atoms with Crippen LogP contribution < -0.4 is 5.32 Å². The Hall–Kier alpha value is -0.860. The van der Waals surface area contributed by atoms with Crippen LogP contribution in [0, 0.1) is 5.92 Å². The highest BCUT2D eigenvalue weighted by atomic mass is 16.5. The molecule has 0 saturated carbocycles. The maximum atomic E-state index is 5.67. The summed E-state index contributed by atoms with van der Waals surface area (Å²) in [4.78, 5) is 0. The van der Waals surface area contributed by atoms with Crippen molar-refractivity contribution in [2.75, 3.05) is 19.8 Å².